The van der Waals surface area contributed by atoms with Crippen molar-refractivity contribution in [3.8, 4) is 0 Å². The Kier molecular flexibility index (Phi) is 3.83. The van der Waals surface area contributed by atoms with Gasteiger partial charge in [0.05, 0.1) is 5.02 Å². The van der Waals surface area contributed by atoms with E-state index in [0.29, 0.717) is 23.5 Å². The topological polar surface area (TPSA) is 52.0 Å². The summed E-state index contributed by atoms with van der Waals surface area (Å²) in [7, 11) is 0. The summed E-state index contributed by atoms with van der Waals surface area (Å²) in [6, 6.07) is 2.54. The predicted molar refractivity (Wildman–Crippen MR) is 74.8 cm³/mol. The third-order valence-electron chi connectivity index (χ3n) is 2.92. The van der Waals surface area contributed by atoms with E-state index in [1.54, 1.807) is 0 Å². The van der Waals surface area contributed by atoms with Crippen LogP contribution in [0.25, 0.3) is 11.1 Å². The van der Waals surface area contributed by atoms with Crippen molar-refractivity contribution in [2.45, 2.75) is 33.1 Å². The first-order valence-electron chi connectivity index (χ1n) is 6.26. The quantitative estimate of drug-likeness (QED) is 0.923. The van der Waals surface area contributed by atoms with Crippen LogP contribution in [0.1, 0.15) is 39.0 Å². The summed E-state index contributed by atoms with van der Waals surface area (Å²) in [6.45, 7) is 6.82. The molecule has 2 rings (SSSR count). The van der Waals surface area contributed by atoms with E-state index >= 15 is 0 Å². The predicted octanol–water partition coefficient (Wildman–Crippen LogP) is 4.10. The number of benzene rings is 1. The zero-order valence-corrected chi connectivity index (χ0v) is 12.1. The number of oxazole rings is 1. The molecular formula is C14H18ClFN2O. The molecule has 104 valence electrons. The smallest absolute Gasteiger partial charge is 0.199 e. The number of rotatable bonds is 3. The van der Waals surface area contributed by atoms with Crippen molar-refractivity contribution in [2.75, 3.05) is 6.54 Å². The van der Waals surface area contributed by atoms with Crippen molar-refractivity contribution in [3.05, 3.63) is 28.9 Å². The van der Waals surface area contributed by atoms with Crippen molar-refractivity contribution >= 4 is 22.7 Å². The highest BCUT2D eigenvalue weighted by Crippen LogP contribution is 2.33. The molecule has 19 heavy (non-hydrogen) atoms. The molecule has 1 aromatic heterocycles. The highest BCUT2D eigenvalue weighted by molar-refractivity contribution is 6.34. The second kappa shape index (κ2) is 5.10. The minimum atomic E-state index is -0.419. The fourth-order valence-corrected chi connectivity index (χ4v) is 2.40. The van der Waals surface area contributed by atoms with Crippen LogP contribution in [0.2, 0.25) is 5.02 Å². The molecule has 1 atom stereocenters. The molecule has 0 fully saturated rings. The number of hydrogen-bond donors (Lipinski definition) is 1. The van der Waals surface area contributed by atoms with Crippen LogP contribution < -0.4 is 5.73 Å². The Labute approximate surface area is 116 Å². The SMILES string of the molecule is CC(C)(C)CC(CN)c1nc2cc(F)cc(Cl)c2o1. The van der Waals surface area contributed by atoms with Crippen LogP contribution in [-0.2, 0) is 0 Å². The van der Waals surface area contributed by atoms with E-state index in [0.717, 1.165) is 6.42 Å². The van der Waals surface area contributed by atoms with Gasteiger partial charge >= 0.3 is 0 Å². The number of nitrogens with two attached hydrogens (primary N) is 1. The van der Waals surface area contributed by atoms with Gasteiger partial charge in [0.2, 0.25) is 0 Å². The highest BCUT2D eigenvalue weighted by atomic mass is 35.5. The first-order valence-corrected chi connectivity index (χ1v) is 6.63. The van der Waals surface area contributed by atoms with E-state index in [4.69, 9.17) is 21.8 Å². The molecular weight excluding hydrogens is 267 g/mol. The Hall–Kier alpha value is -1.13. The van der Waals surface area contributed by atoms with Gasteiger partial charge in [-0.2, -0.15) is 0 Å². The second-order valence-corrected chi connectivity index (χ2v) is 6.39. The van der Waals surface area contributed by atoms with E-state index < -0.39 is 5.82 Å². The molecule has 0 saturated carbocycles. The monoisotopic (exact) mass is 284 g/mol. The standard InChI is InChI=1S/C14H18ClFN2O/c1-14(2,3)6-8(7-17)13-18-11-5-9(16)4-10(15)12(11)19-13/h4-5,8H,6-7,17H2,1-3H3. The number of hydrogen-bond acceptors (Lipinski definition) is 3. The summed E-state index contributed by atoms with van der Waals surface area (Å²) < 4.78 is 18.9. The Morgan fingerprint density at radius 2 is 2.11 bits per heavy atom. The van der Waals surface area contributed by atoms with Gasteiger partial charge in [-0.1, -0.05) is 32.4 Å². The van der Waals surface area contributed by atoms with E-state index in [2.05, 4.69) is 25.8 Å². The normalized spacial score (nSPS) is 14.0. The van der Waals surface area contributed by atoms with Gasteiger partial charge in [0.1, 0.15) is 11.3 Å². The lowest BCUT2D eigenvalue weighted by atomic mass is 9.84. The maximum absolute atomic E-state index is 13.3. The Bertz CT molecular complexity index is 589. The lowest BCUT2D eigenvalue weighted by molar-refractivity contribution is 0.314. The molecule has 0 aliphatic rings. The first kappa shape index (κ1) is 14.3. The van der Waals surface area contributed by atoms with Crippen LogP contribution in [0.15, 0.2) is 16.5 Å². The summed E-state index contributed by atoms with van der Waals surface area (Å²) in [4.78, 5) is 4.32. The molecule has 0 spiro atoms. The van der Waals surface area contributed by atoms with Crippen molar-refractivity contribution in [2.24, 2.45) is 11.1 Å². The molecule has 2 aromatic rings. The van der Waals surface area contributed by atoms with E-state index in [1.807, 2.05) is 0 Å². The summed E-state index contributed by atoms with van der Waals surface area (Å²) >= 11 is 5.95. The maximum atomic E-state index is 13.3. The minimum absolute atomic E-state index is 0.00604. The van der Waals surface area contributed by atoms with Gasteiger partial charge in [-0.3, -0.25) is 0 Å². The summed E-state index contributed by atoms with van der Waals surface area (Å²) in [5, 5.41) is 0.236. The summed E-state index contributed by atoms with van der Waals surface area (Å²) in [5.74, 6) is 0.115. The lowest BCUT2D eigenvalue weighted by Crippen LogP contribution is -2.19. The van der Waals surface area contributed by atoms with Gasteiger partial charge in [-0.05, 0) is 17.9 Å². The zero-order chi connectivity index (χ0) is 14.2. The zero-order valence-electron chi connectivity index (χ0n) is 11.3. The lowest BCUT2D eigenvalue weighted by Gasteiger charge is -2.22. The Morgan fingerprint density at radius 3 is 2.68 bits per heavy atom. The molecule has 0 bridgehead atoms. The van der Waals surface area contributed by atoms with Crippen molar-refractivity contribution in [1.82, 2.24) is 4.98 Å². The van der Waals surface area contributed by atoms with E-state index in [1.165, 1.54) is 12.1 Å². The van der Waals surface area contributed by atoms with Gasteiger partial charge < -0.3 is 10.2 Å². The molecule has 1 heterocycles. The third kappa shape index (κ3) is 3.25. The first-order chi connectivity index (χ1) is 8.80. The number of aromatic nitrogens is 1. The number of nitrogens with zero attached hydrogens (tertiary/aromatic N) is 1. The molecule has 1 unspecified atom stereocenters. The van der Waals surface area contributed by atoms with Crippen molar-refractivity contribution in [3.63, 3.8) is 0 Å². The van der Waals surface area contributed by atoms with Crippen LogP contribution in [0, 0.1) is 11.2 Å². The average molecular weight is 285 g/mol. The fourth-order valence-electron chi connectivity index (χ4n) is 2.16. The molecule has 1 aromatic carbocycles. The average Bonchev–Trinajstić information content (AvgIpc) is 2.68. The fraction of sp³-hybridized carbons (Fsp3) is 0.500. The van der Waals surface area contributed by atoms with Gasteiger partial charge in [-0.25, -0.2) is 9.37 Å². The highest BCUT2D eigenvalue weighted by Gasteiger charge is 2.24. The van der Waals surface area contributed by atoms with Crippen LogP contribution in [-0.4, -0.2) is 11.5 Å². The van der Waals surface area contributed by atoms with Crippen molar-refractivity contribution < 1.29 is 8.81 Å². The largest absolute Gasteiger partial charge is 0.439 e. The Balaban J connectivity index is 2.42. The molecule has 0 aliphatic heterocycles. The molecule has 0 saturated heterocycles. The molecule has 5 heteroatoms. The third-order valence-corrected chi connectivity index (χ3v) is 3.20. The maximum Gasteiger partial charge on any atom is 0.199 e. The van der Waals surface area contributed by atoms with Crippen LogP contribution in [0.5, 0.6) is 0 Å². The summed E-state index contributed by atoms with van der Waals surface area (Å²) in [5.41, 5.74) is 6.76. The molecule has 2 N–H and O–H groups in total. The molecule has 0 aliphatic carbocycles. The molecule has 0 radical (unpaired) electrons. The van der Waals surface area contributed by atoms with E-state index in [-0.39, 0.29) is 16.4 Å². The van der Waals surface area contributed by atoms with Gasteiger partial charge in [-0.15, -0.1) is 0 Å². The van der Waals surface area contributed by atoms with Crippen LogP contribution in [0.4, 0.5) is 4.39 Å². The molecule has 3 nitrogen and oxygen atoms in total. The van der Waals surface area contributed by atoms with Gasteiger partial charge in [0.25, 0.3) is 0 Å². The van der Waals surface area contributed by atoms with Gasteiger partial charge in [0, 0.05) is 18.5 Å². The molecule has 0 amide bonds. The van der Waals surface area contributed by atoms with Gasteiger partial charge in [0.15, 0.2) is 11.5 Å². The Morgan fingerprint density at radius 1 is 1.42 bits per heavy atom. The van der Waals surface area contributed by atoms with E-state index in [9.17, 15) is 4.39 Å². The van der Waals surface area contributed by atoms with Crippen LogP contribution in [0.3, 0.4) is 0 Å². The number of halogens is 2. The van der Waals surface area contributed by atoms with Crippen LogP contribution >= 0.6 is 11.6 Å². The number of fused-ring (bicyclic) bond motifs is 1. The minimum Gasteiger partial charge on any atom is -0.439 e. The van der Waals surface area contributed by atoms with Crippen molar-refractivity contribution in [1.29, 1.82) is 0 Å². The second-order valence-electron chi connectivity index (χ2n) is 5.99. The summed E-state index contributed by atoms with van der Waals surface area (Å²) in [6.07, 6.45) is 0.844.